The molecule has 6 heteroatoms. The smallest absolute Gasteiger partial charge is 0.231 e. The minimum atomic E-state index is -0.940. The molecule has 0 spiro atoms. The third-order valence-electron chi connectivity index (χ3n) is 6.19. The molecule has 2 aromatic rings. The van der Waals surface area contributed by atoms with Crippen molar-refractivity contribution in [2.24, 2.45) is 10.8 Å². The number of aryl methyl sites for hydroxylation is 1. The Kier molecular flexibility index (Phi) is 4.93. The standard InChI is InChI=1S/C24H26ClFN2O2/c1-13-5-7-15(26)10-17(13)21-20-16-8-6-14(25)9-18(16)27-22(30)24(20,11-19(29)28-21)12-23(2,3)4/h5-10,20-21H,11-12H2,1-4H3,(H,27,30)(H,28,29)/t20-,21+,24+/m0/s1. The van der Waals surface area contributed by atoms with Gasteiger partial charge in [0.2, 0.25) is 11.8 Å². The van der Waals surface area contributed by atoms with E-state index in [-0.39, 0.29) is 35.4 Å². The largest absolute Gasteiger partial charge is 0.349 e. The number of nitrogens with one attached hydrogen (secondary N) is 2. The van der Waals surface area contributed by atoms with Crippen LogP contribution < -0.4 is 10.6 Å². The molecule has 158 valence electrons. The van der Waals surface area contributed by atoms with Gasteiger partial charge in [0, 0.05) is 23.0 Å². The highest BCUT2D eigenvalue weighted by Crippen LogP contribution is 2.59. The van der Waals surface area contributed by atoms with Crippen LogP contribution in [0.25, 0.3) is 0 Å². The molecule has 4 rings (SSSR count). The van der Waals surface area contributed by atoms with Crippen molar-refractivity contribution in [2.75, 3.05) is 5.32 Å². The second-order valence-electron chi connectivity index (χ2n) is 9.78. The Morgan fingerprint density at radius 1 is 1.13 bits per heavy atom. The summed E-state index contributed by atoms with van der Waals surface area (Å²) in [7, 11) is 0. The number of piperidine rings is 1. The van der Waals surface area contributed by atoms with E-state index in [0.717, 1.165) is 11.1 Å². The number of anilines is 1. The molecule has 1 fully saturated rings. The summed E-state index contributed by atoms with van der Waals surface area (Å²) in [6.45, 7) is 8.10. The SMILES string of the molecule is Cc1ccc(F)cc1[C@H]1NC(=O)C[C@]2(CC(C)(C)C)C(=O)Nc3cc(Cl)ccc3[C@@H]12. The molecule has 0 aromatic heterocycles. The van der Waals surface area contributed by atoms with Gasteiger partial charge < -0.3 is 10.6 Å². The summed E-state index contributed by atoms with van der Waals surface area (Å²) in [6.07, 6.45) is 0.616. The minimum absolute atomic E-state index is 0.0910. The molecule has 2 N–H and O–H groups in total. The normalized spacial score (nSPS) is 25.8. The first-order valence-corrected chi connectivity index (χ1v) is 10.5. The molecular formula is C24H26ClFN2O2. The minimum Gasteiger partial charge on any atom is -0.349 e. The maximum atomic E-state index is 14.2. The van der Waals surface area contributed by atoms with Crippen molar-refractivity contribution >= 4 is 29.1 Å². The molecule has 2 aliphatic rings. The third kappa shape index (κ3) is 3.49. The van der Waals surface area contributed by atoms with Crippen LogP contribution in [-0.4, -0.2) is 11.8 Å². The Balaban J connectivity index is 1.98. The van der Waals surface area contributed by atoms with E-state index < -0.39 is 11.5 Å². The molecule has 30 heavy (non-hydrogen) atoms. The summed E-state index contributed by atoms with van der Waals surface area (Å²) >= 11 is 6.19. The molecule has 2 aromatic carbocycles. The van der Waals surface area contributed by atoms with Gasteiger partial charge in [-0.25, -0.2) is 4.39 Å². The fourth-order valence-corrected chi connectivity index (χ4v) is 5.45. The lowest BCUT2D eigenvalue weighted by molar-refractivity contribution is -0.142. The zero-order valence-corrected chi connectivity index (χ0v) is 18.4. The predicted molar refractivity (Wildman–Crippen MR) is 116 cm³/mol. The summed E-state index contributed by atoms with van der Waals surface area (Å²) in [5.41, 5.74) is 1.99. The maximum Gasteiger partial charge on any atom is 0.231 e. The lowest BCUT2D eigenvalue weighted by Gasteiger charge is -2.52. The highest BCUT2D eigenvalue weighted by Gasteiger charge is 2.58. The van der Waals surface area contributed by atoms with Gasteiger partial charge in [0.15, 0.2) is 0 Å². The molecule has 0 radical (unpaired) electrons. The molecule has 3 atom stereocenters. The monoisotopic (exact) mass is 428 g/mol. The van der Waals surface area contributed by atoms with Gasteiger partial charge in [-0.05, 0) is 59.7 Å². The fraction of sp³-hybridized carbons (Fsp3) is 0.417. The van der Waals surface area contributed by atoms with E-state index in [0.29, 0.717) is 22.7 Å². The fourth-order valence-electron chi connectivity index (χ4n) is 5.28. The van der Waals surface area contributed by atoms with E-state index in [9.17, 15) is 14.0 Å². The molecule has 1 saturated heterocycles. The van der Waals surface area contributed by atoms with E-state index in [2.05, 4.69) is 31.4 Å². The number of hydrogen-bond acceptors (Lipinski definition) is 2. The molecular weight excluding hydrogens is 403 g/mol. The zero-order chi connectivity index (χ0) is 21.8. The van der Waals surface area contributed by atoms with Gasteiger partial charge in [-0.1, -0.05) is 44.5 Å². The van der Waals surface area contributed by atoms with Crippen LogP contribution in [0, 0.1) is 23.6 Å². The number of amides is 2. The summed E-state index contributed by atoms with van der Waals surface area (Å²) in [5, 5.41) is 6.60. The van der Waals surface area contributed by atoms with E-state index in [4.69, 9.17) is 11.6 Å². The lowest BCUT2D eigenvalue weighted by Crippen LogP contribution is -2.57. The van der Waals surface area contributed by atoms with Gasteiger partial charge in [-0.15, -0.1) is 0 Å². The van der Waals surface area contributed by atoms with E-state index in [1.54, 1.807) is 18.2 Å². The Bertz CT molecular complexity index is 1050. The number of fused-ring (bicyclic) bond motifs is 3. The first-order valence-electron chi connectivity index (χ1n) is 10.2. The van der Waals surface area contributed by atoms with Crippen molar-refractivity contribution < 1.29 is 14.0 Å². The maximum absolute atomic E-state index is 14.2. The second-order valence-corrected chi connectivity index (χ2v) is 10.2. The number of carbonyl (C=O) groups excluding carboxylic acids is 2. The van der Waals surface area contributed by atoms with Gasteiger partial charge in [-0.2, -0.15) is 0 Å². The predicted octanol–water partition coefficient (Wildman–Crippen LogP) is 5.51. The summed E-state index contributed by atoms with van der Waals surface area (Å²) in [5.74, 6) is -1.08. The van der Waals surface area contributed by atoms with Crippen molar-refractivity contribution in [3.63, 3.8) is 0 Å². The Labute approximate surface area is 181 Å². The summed E-state index contributed by atoms with van der Waals surface area (Å²) in [6, 6.07) is 9.52. The molecule has 2 amide bonds. The van der Waals surface area contributed by atoms with Crippen molar-refractivity contribution in [1.82, 2.24) is 5.32 Å². The molecule has 0 saturated carbocycles. The van der Waals surface area contributed by atoms with Gasteiger partial charge in [0.1, 0.15) is 5.82 Å². The van der Waals surface area contributed by atoms with Crippen LogP contribution in [0.2, 0.25) is 5.02 Å². The number of halogens is 2. The lowest BCUT2D eigenvalue weighted by atomic mass is 9.56. The van der Waals surface area contributed by atoms with Gasteiger partial charge in [0.05, 0.1) is 11.5 Å². The van der Waals surface area contributed by atoms with E-state index in [1.807, 2.05) is 13.0 Å². The second kappa shape index (κ2) is 7.09. The van der Waals surface area contributed by atoms with Crippen LogP contribution >= 0.6 is 11.6 Å². The van der Waals surface area contributed by atoms with Crippen LogP contribution in [0.3, 0.4) is 0 Å². The van der Waals surface area contributed by atoms with Crippen molar-refractivity contribution in [3.05, 3.63) is 63.9 Å². The molecule has 0 unspecified atom stereocenters. The van der Waals surface area contributed by atoms with Crippen LogP contribution in [0.15, 0.2) is 36.4 Å². The summed E-state index contributed by atoms with van der Waals surface area (Å²) < 4.78 is 14.2. The molecule has 2 heterocycles. The average Bonchev–Trinajstić information content (AvgIpc) is 2.62. The molecule has 0 bridgehead atoms. The average molecular weight is 429 g/mol. The van der Waals surface area contributed by atoms with Crippen LogP contribution in [0.5, 0.6) is 0 Å². The van der Waals surface area contributed by atoms with Gasteiger partial charge in [0.25, 0.3) is 0 Å². The van der Waals surface area contributed by atoms with Gasteiger partial charge >= 0.3 is 0 Å². The number of carbonyl (C=O) groups is 2. The zero-order valence-electron chi connectivity index (χ0n) is 17.6. The van der Waals surface area contributed by atoms with Crippen molar-refractivity contribution in [1.29, 1.82) is 0 Å². The van der Waals surface area contributed by atoms with Crippen LogP contribution in [0.1, 0.15) is 62.3 Å². The Morgan fingerprint density at radius 3 is 2.57 bits per heavy atom. The molecule has 2 aliphatic heterocycles. The first-order chi connectivity index (χ1) is 14.0. The van der Waals surface area contributed by atoms with Crippen molar-refractivity contribution in [3.8, 4) is 0 Å². The van der Waals surface area contributed by atoms with E-state index >= 15 is 0 Å². The molecule has 4 nitrogen and oxygen atoms in total. The number of benzene rings is 2. The highest BCUT2D eigenvalue weighted by molar-refractivity contribution is 6.31. The quantitative estimate of drug-likeness (QED) is 0.662. The topological polar surface area (TPSA) is 58.2 Å². The van der Waals surface area contributed by atoms with Crippen LogP contribution in [0.4, 0.5) is 10.1 Å². The van der Waals surface area contributed by atoms with E-state index in [1.165, 1.54) is 12.1 Å². The first kappa shape index (κ1) is 20.9. The number of hydrogen-bond donors (Lipinski definition) is 2. The third-order valence-corrected chi connectivity index (χ3v) is 6.43. The van der Waals surface area contributed by atoms with Gasteiger partial charge in [-0.3, -0.25) is 9.59 Å². The van der Waals surface area contributed by atoms with Crippen LogP contribution in [-0.2, 0) is 9.59 Å². The molecule has 0 aliphatic carbocycles. The Hall–Kier alpha value is -2.40. The summed E-state index contributed by atoms with van der Waals surface area (Å²) in [4.78, 5) is 26.5. The number of rotatable bonds is 2. The van der Waals surface area contributed by atoms with Crippen molar-refractivity contribution in [2.45, 2.75) is 52.5 Å². The highest BCUT2D eigenvalue weighted by atomic mass is 35.5. The Morgan fingerprint density at radius 2 is 1.87 bits per heavy atom.